The largest absolute Gasteiger partial charge is 0.493 e. The van der Waals surface area contributed by atoms with Crippen molar-refractivity contribution in [2.45, 2.75) is 13.5 Å². The molecule has 1 amide bonds. The average Bonchev–Trinajstić information content (AvgIpc) is 3.04. The Labute approximate surface area is 184 Å². The fraction of sp³-hybridized carbons (Fsp3) is 0.125. The molecule has 1 aromatic heterocycles. The van der Waals surface area contributed by atoms with Crippen molar-refractivity contribution < 1.29 is 14.6 Å². The summed E-state index contributed by atoms with van der Waals surface area (Å²) < 4.78 is 7.21. The maximum Gasteiger partial charge on any atom is 0.302 e. The van der Waals surface area contributed by atoms with Gasteiger partial charge in [-0.2, -0.15) is 0 Å². The minimum Gasteiger partial charge on any atom is -0.493 e. The lowest BCUT2D eigenvalue weighted by atomic mass is 10.2. The SMILES string of the molecule is Cc1ccccc1OCC(=O)N=Nc1c(O)n(Cc2ccccc2Cl)c2ccccc12. The van der Waals surface area contributed by atoms with Crippen LogP contribution in [0.2, 0.25) is 5.02 Å². The fourth-order valence-electron chi connectivity index (χ4n) is 3.32. The van der Waals surface area contributed by atoms with E-state index in [0.29, 0.717) is 22.7 Å². The molecule has 0 fully saturated rings. The Morgan fingerprint density at radius 2 is 1.74 bits per heavy atom. The third-order valence-corrected chi connectivity index (χ3v) is 5.28. The lowest BCUT2D eigenvalue weighted by Crippen LogP contribution is -2.08. The topological polar surface area (TPSA) is 76.2 Å². The molecule has 4 rings (SSSR count). The number of aromatic hydroxyl groups is 1. The van der Waals surface area contributed by atoms with Crippen LogP contribution >= 0.6 is 11.6 Å². The van der Waals surface area contributed by atoms with Crippen LogP contribution in [0.1, 0.15) is 11.1 Å². The van der Waals surface area contributed by atoms with E-state index in [1.807, 2.05) is 67.6 Å². The van der Waals surface area contributed by atoms with Gasteiger partial charge in [0.05, 0.1) is 12.1 Å². The average molecular weight is 434 g/mol. The normalized spacial score (nSPS) is 11.3. The summed E-state index contributed by atoms with van der Waals surface area (Å²) in [6, 6.07) is 22.2. The van der Waals surface area contributed by atoms with E-state index in [-0.39, 0.29) is 18.2 Å². The van der Waals surface area contributed by atoms with Gasteiger partial charge in [0.25, 0.3) is 0 Å². The summed E-state index contributed by atoms with van der Waals surface area (Å²) >= 11 is 6.29. The molecule has 0 radical (unpaired) electrons. The molecule has 7 heteroatoms. The molecule has 0 aliphatic rings. The number of aromatic nitrogens is 1. The predicted octanol–water partition coefficient (Wildman–Crippen LogP) is 6.05. The molecule has 0 atom stereocenters. The molecule has 1 N–H and O–H groups in total. The maximum atomic E-state index is 12.2. The van der Waals surface area contributed by atoms with Gasteiger partial charge in [0.15, 0.2) is 12.3 Å². The van der Waals surface area contributed by atoms with Crippen molar-refractivity contribution in [3.05, 3.63) is 88.9 Å². The number of hydrogen-bond acceptors (Lipinski definition) is 4. The highest BCUT2D eigenvalue weighted by molar-refractivity contribution is 6.31. The van der Waals surface area contributed by atoms with E-state index in [9.17, 15) is 9.90 Å². The van der Waals surface area contributed by atoms with Crippen LogP contribution in [-0.4, -0.2) is 22.2 Å². The standard InChI is InChI=1S/C24H20ClN3O3/c1-16-8-2-7-13-21(16)31-15-22(29)26-27-23-18-10-4-6-12-20(18)28(24(23)30)14-17-9-3-5-11-19(17)25/h2-13,30H,14-15H2,1H3. The molecule has 1 heterocycles. The van der Waals surface area contributed by atoms with Gasteiger partial charge in [-0.1, -0.05) is 66.2 Å². The number of ether oxygens (including phenoxy) is 1. The van der Waals surface area contributed by atoms with Gasteiger partial charge in [-0.05, 0) is 36.2 Å². The van der Waals surface area contributed by atoms with E-state index in [1.54, 1.807) is 16.7 Å². The maximum absolute atomic E-state index is 12.2. The Hall–Kier alpha value is -3.64. The zero-order valence-electron chi connectivity index (χ0n) is 16.8. The van der Waals surface area contributed by atoms with Crippen LogP contribution < -0.4 is 4.74 Å². The molecule has 6 nitrogen and oxygen atoms in total. The highest BCUT2D eigenvalue weighted by atomic mass is 35.5. The first kappa shape index (κ1) is 20.6. The molecule has 0 bridgehead atoms. The quantitative estimate of drug-likeness (QED) is 0.376. The van der Waals surface area contributed by atoms with Gasteiger partial charge < -0.3 is 14.4 Å². The Bertz CT molecular complexity index is 1280. The summed E-state index contributed by atoms with van der Waals surface area (Å²) in [4.78, 5) is 12.2. The third kappa shape index (κ3) is 4.44. The Morgan fingerprint density at radius 3 is 2.55 bits per heavy atom. The van der Waals surface area contributed by atoms with Crippen molar-refractivity contribution in [3.8, 4) is 11.6 Å². The molecule has 0 unspecified atom stereocenters. The highest BCUT2D eigenvalue weighted by Gasteiger charge is 2.17. The van der Waals surface area contributed by atoms with Crippen LogP contribution in [-0.2, 0) is 11.3 Å². The molecule has 4 aromatic rings. The van der Waals surface area contributed by atoms with Gasteiger partial charge in [-0.25, -0.2) is 0 Å². The molecular weight excluding hydrogens is 414 g/mol. The van der Waals surface area contributed by atoms with Crippen LogP contribution in [0.25, 0.3) is 10.9 Å². The predicted molar refractivity (Wildman–Crippen MR) is 120 cm³/mol. The second-order valence-electron chi connectivity index (χ2n) is 7.01. The minimum atomic E-state index is -0.550. The highest BCUT2D eigenvalue weighted by Crippen LogP contribution is 2.39. The number of halogens is 1. The van der Waals surface area contributed by atoms with Crippen molar-refractivity contribution in [2.75, 3.05) is 6.61 Å². The first-order valence-corrected chi connectivity index (χ1v) is 10.1. The molecule has 0 aliphatic carbocycles. The lowest BCUT2D eigenvalue weighted by Gasteiger charge is -2.08. The molecular formula is C24H20ClN3O3. The fourth-order valence-corrected chi connectivity index (χ4v) is 3.52. The Balaban J connectivity index is 1.59. The zero-order valence-corrected chi connectivity index (χ0v) is 17.6. The van der Waals surface area contributed by atoms with Crippen molar-refractivity contribution >= 4 is 34.1 Å². The van der Waals surface area contributed by atoms with Gasteiger partial charge >= 0.3 is 5.91 Å². The number of carbonyl (C=O) groups excluding carboxylic acids is 1. The van der Waals surface area contributed by atoms with Gasteiger partial charge in [0, 0.05) is 10.4 Å². The Morgan fingerprint density at radius 1 is 1.03 bits per heavy atom. The molecule has 0 saturated carbocycles. The van der Waals surface area contributed by atoms with Crippen LogP contribution in [0.3, 0.4) is 0 Å². The van der Waals surface area contributed by atoms with Crippen molar-refractivity contribution in [1.29, 1.82) is 0 Å². The van der Waals surface area contributed by atoms with E-state index in [4.69, 9.17) is 16.3 Å². The van der Waals surface area contributed by atoms with Crippen LogP contribution in [0.5, 0.6) is 11.6 Å². The summed E-state index contributed by atoms with van der Waals surface area (Å²) in [5.41, 5.74) is 2.77. The summed E-state index contributed by atoms with van der Waals surface area (Å²) in [5, 5.41) is 19.9. The molecule has 156 valence electrons. The first-order valence-electron chi connectivity index (χ1n) is 9.71. The van der Waals surface area contributed by atoms with Crippen molar-refractivity contribution in [3.63, 3.8) is 0 Å². The van der Waals surface area contributed by atoms with E-state index in [2.05, 4.69) is 10.2 Å². The molecule has 31 heavy (non-hydrogen) atoms. The molecule has 3 aromatic carbocycles. The van der Waals surface area contributed by atoms with Crippen LogP contribution in [0.4, 0.5) is 5.69 Å². The number of fused-ring (bicyclic) bond motifs is 1. The van der Waals surface area contributed by atoms with Crippen molar-refractivity contribution in [2.24, 2.45) is 10.2 Å². The zero-order chi connectivity index (χ0) is 21.8. The summed E-state index contributed by atoms with van der Waals surface area (Å²) in [7, 11) is 0. The Kier molecular flexibility index (Phi) is 6.00. The lowest BCUT2D eigenvalue weighted by molar-refractivity contribution is -0.120. The number of carbonyl (C=O) groups is 1. The number of hydrogen-bond donors (Lipinski definition) is 1. The number of rotatable bonds is 6. The van der Waals surface area contributed by atoms with Gasteiger partial charge in [-0.3, -0.25) is 4.79 Å². The summed E-state index contributed by atoms with van der Waals surface area (Å²) in [6.45, 7) is 2.01. The van der Waals surface area contributed by atoms with Gasteiger partial charge in [0.2, 0.25) is 5.88 Å². The number of aryl methyl sites for hydroxylation is 1. The summed E-state index contributed by atoms with van der Waals surface area (Å²) in [6.07, 6.45) is 0. The third-order valence-electron chi connectivity index (χ3n) is 4.91. The van der Waals surface area contributed by atoms with E-state index in [0.717, 1.165) is 16.6 Å². The van der Waals surface area contributed by atoms with Gasteiger partial charge in [0.1, 0.15) is 5.75 Å². The minimum absolute atomic E-state index is 0.0857. The second-order valence-corrected chi connectivity index (χ2v) is 7.42. The first-order chi connectivity index (χ1) is 15.0. The van der Waals surface area contributed by atoms with E-state index >= 15 is 0 Å². The number of azo groups is 1. The molecule has 0 saturated heterocycles. The molecule has 0 aliphatic heterocycles. The molecule has 0 spiro atoms. The number of para-hydroxylation sites is 2. The van der Waals surface area contributed by atoms with Crippen LogP contribution in [0.15, 0.2) is 83.0 Å². The smallest absolute Gasteiger partial charge is 0.302 e. The summed E-state index contributed by atoms with van der Waals surface area (Å²) in [5.74, 6) is -0.0201. The van der Waals surface area contributed by atoms with Crippen LogP contribution in [0, 0.1) is 6.92 Å². The monoisotopic (exact) mass is 433 g/mol. The number of benzene rings is 3. The van der Waals surface area contributed by atoms with E-state index < -0.39 is 5.91 Å². The number of nitrogens with zero attached hydrogens (tertiary/aromatic N) is 3. The van der Waals surface area contributed by atoms with Gasteiger partial charge in [-0.15, -0.1) is 10.2 Å². The van der Waals surface area contributed by atoms with E-state index in [1.165, 1.54) is 0 Å². The second kappa shape index (κ2) is 9.02. The number of amides is 1. The van der Waals surface area contributed by atoms with Crippen molar-refractivity contribution in [1.82, 2.24) is 4.57 Å².